The zero-order chi connectivity index (χ0) is 22.6. The van der Waals surface area contributed by atoms with Gasteiger partial charge in [-0.1, -0.05) is 30.1 Å². The largest absolute Gasteiger partial charge is 0.547 e. The molecule has 2 N–H and O–H groups in total. The summed E-state index contributed by atoms with van der Waals surface area (Å²) in [5.41, 5.74) is -0.474. The molecule has 1 amide bonds. The Morgan fingerprint density at radius 3 is 2.57 bits per heavy atom. The van der Waals surface area contributed by atoms with Crippen molar-refractivity contribution in [3.63, 3.8) is 0 Å². The van der Waals surface area contributed by atoms with Crippen LogP contribution in [0.15, 0.2) is 6.07 Å². The zero-order valence-corrected chi connectivity index (χ0v) is 18.7. The summed E-state index contributed by atoms with van der Waals surface area (Å²) in [4.78, 5) is 36.2. The third-order valence-electron chi connectivity index (χ3n) is 4.31. The molecule has 0 aliphatic carbocycles. The van der Waals surface area contributed by atoms with Crippen molar-refractivity contribution in [3.8, 4) is 5.75 Å². The Hall–Kier alpha value is -1.97. The van der Waals surface area contributed by atoms with Gasteiger partial charge in [-0.25, -0.2) is 4.79 Å². The van der Waals surface area contributed by atoms with Gasteiger partial charge in [-0.3, -0.25) is 9.59 Å². The molecule has 0 saturated heterocycles. The summed E-state index contributed by atoms with van der Waals surface area (Å²) < 4.78 is 15.4. The van der Waals surface area contributed by atoms with Gasteiger partial charge in [0.1, 0.15) is 11.3 Å². The zero-order valence-electron chi connectivity index (χ0n) is 17.2. The predicted octanol–water partition coefficient (Wildman–Crippen LogP) is 2.94. The van der Waals surface area contributed by atoms with Crippen molar-refractivity contribution in [1.29, 1.82) is 0 Å². The minimum absolute atomic E-state index is 0.00467. The lowest BCUT2D eigenvalue weighted by Gasteiger charge is -2.30. The fourth-order valence-corrected chi connectivity index (χ4v) is 3.15. The Morgan fingerprint density at radius 2 is 1.97 bits per heavy atom. The molecule has 1 aliphatic heterocycles. The van der Waals surface area contributed by atoms with Gasteiger partial charge < -0.3 is 24.5 Å². The van der Waals surface area contributed by atoms with Crippen LogP contribution >= 0.6 is 23.2 Å². The molecule has 0 aromatic heterocycles. The van der Waals surface area contributed by atoms with Crippen LogP contribution in [-0.2, 0) is 25.5 Å². The number of carbonyl (C=O) groups excluding carboxylic acids is 3. The van der Waals surface area contributed by atoms with Crippen molar-refractivity contribution in [2.24, 2.45) is 5.41 Å². The lowest BCUT2D eigenvalue weighted by atomic mass is 9.72. The van der Waals surface area contributed by atoms with Crippen molar-refractivity contribution < 1.29 is 33.5 Å². The van der Waals surface area contributed by atoms with Gasteiger partial charge in [-0.05, 0) is 39.7 Å². The van der Waals surface area contributed by atoms with Crippen LogP contribution in [0.3, 0.4) is 0 Å². The van der Waals surface area contributed by atoms with E-state index < -0.39 is 37.2 Å². The minimum Gasteiger partial charge on any atom is -0.534 e. The molecule has 0 fully saturated rings. The van der Waals surface area contributed by atoms with Crippen LogP contribution in [0.25, 0.3) is 0 Å². The molecule has 164 valence electrons. The minimum atomic E-state index is -1.40. The monoisotopic (exact) mass is 459 g/mol. The highest BCUT2D eigenvalue weighted by Gasteiger charge is 2.39. The van der Waals surface area contributed by atoms with Gasteiger partial charge in [0.2, 0.25) is 12.7 Å². The summed E-state index contributed by atoms with van der Waals surface area (Å²) in [6.45, 7) is 6.25. The second-order valence-corrected chi connectivity index (χ2v) is 8.68. The van der Waals surface area contributed by atoms with E-state index in [1.54, 1.807) is 20.8 Å². The Bertz CT molecular complexity index is 841. The fraction of sp³-hybridized carbons (Fsp3) is 0.526. The van der Waals surface area contributed by atoms with Crippen LogP contribution in [0.5, 0.6) is 5.75 Å². The predicted molar refractivity (Wildman–Crippen MR) is 111 cm³/mol. The lowest BCUT2D eigenvalue weighted by Crippen LogP contribution is -2.53. The average molecular weight is 460 g/mol. The van der Waals surface area contributed by atoms with E-state index in [9.17, 15) is 19.4 Å². The van der Waals surface area contributed by atoms with E-state index in [0.29, 0.717) is 18.4 Å². The van der Waals surface area contributed by atoms with Gasteiger partial charge in [0.05, 0.1) is 21.4 Å². The molecule has 1 atom stereocenters. The van der Waals surface area contributed by atoms with Crippen molar-refractivity contribution in [2.45, 2.75) is 52.9 Å². The van der Waals surface area contributed by atoms with Crippen LogP contribution in [0.4, 0.5) is 0 Å². The first-order valence-electron chi connectivity index (χ1n) is 9.45. The summed E-state index contributed by atoms with van der Waals surface area (Å²) in [6, 6.07) is 1.25. The highest BCUT2D eigenvalue weighted by molar-refractivity contribution is 6.48. The van der Waals surface area contributed by atoms with Crippen molar-refractivity contribution >= 4 is 48.2 Å². The summed E-state index contributed by atoms with van der Waals surface area (Å²) in [6.07, 6.45) is 1.04. The molecule has 1 aromatic rings. The van der Waals surface area contributed by atoms with Gasteiger partial charge in [0.15, 0.2) is 0 Å². The van der Waals surface area contributed by atoms with E-state index in [0.717, 1.165) is 0 Å². The van der Waals surface area contributed by atoms with Gasteiger partial charge in [-0.15, -0.1) is 0 Å². The van der Waals surface area contributed by atoms with Crippen LogP contribution in [0.2, 0.25) is 10.0 Å². The molecule has 0 radical (unpaired) electrons. The SMILES string of the molecule is CCCC(=O)N[C@H]1Cc2c(Cl)c(Cl)cc(C(=O)OCOC(=O)C(C)(C)C)c2OB1O. The summed E-state index contributed by atoms with van der Waals surface area (Å²) in [5.74, 6) is -2.41. The number of halogens is 2. The van der Waals surface area contributed by atoms with E-state index in [2.05, 4.69) is 5.32 Å². The van der Waals surface area contributed by atoms with Crippen molar-refractivity contribution in [3.05, 3.63) is 27.2 Å². The molecule has 8 nitrogen and oxygen atoms in total. The van der Waals surface area contributed by atoms with E-state index in [4.69, 9.17) is 37.3 Å². The third-order valence-corrected chi connectivity index (χ3v) is 5.13. The summed E-state index contributed by atoms with van der Waals surface area (Å²) in [7, 11) is -1.40. The van der Waals surface area contributed by atoms with Crippen molar-refractivity contribution in [2.75, 3.05) is 6.79 Å². The van der Waals surface area contributed by atoms with Gasteiger partial charge in [0, 0.05) is 12.0 Å². The number of benzene rings is 1. The maximum Gasteiger partial charge on any atom is 0.547 e. The second kappa shape index (κ2) is 9.89. The summed E-state index contributed by atoms with van der Waals surface area (Å²) >= 11 is 12.4. The maximum absolute atomic E-state index is 12.5. The van der Waals surface area contributed by atoms with Crippen LogP contribution in [-0.4, -0.2) is 42.7 Å². The number of amides is 1. The average Bonchev–Trinajstić information content (AvgIpc) is 2.65. The first-order valence-corrected chi connectivity index (χ1v) is 10.2. The van der Waals surface area contributed by atoms with Crippen LogP contribution in [0.1, 0.15) is 56.5 Å². The number of esters is 2. The normalized spacial score (nSPS) is 15.7. The molecule has 30 heavy (non-hydrogen) atoms. The molecule has 0 bridgehead atoms. The maximum atomic E-state index is 12.5. The highest BCUT2D eigenvalue weighted by Crippen LogP contribution is 2.40. The fourth-order valence-electron chi connectivity index (χ4n) is 2.71. The molecular weight excluding hydrogens is 436 g/mol. The van der Waals surface area contributed by atoms with E-state index in [1.807, 2.05) is 6.92 Å². The van der Waals surface area contributed by atoms with Gasteiger partial charge >= 0.3 is 19.1 Å². The molecule has 11 heteroatoms. The number of nitrogens with one attached hydrogen (secondary N) is 1. The number of fused-ring (bicyclic) bond motifs is 1. The molecule has 0 unspecified atom stereocenters. The van der Waals surface area contributed by atoms with Crippen molar-refractivity contribution in [1.82, 2.24) is 5.32 Å². The topological polar surface area (TPSA) is 111 Å². The van der Waals surface area contributed by atoms with E-state index in [-0.39, 0.29) is 33.7 Å². The first-order chi connectivity index (χ1) is 14.0. The third kappa shape index (κ3) is 5.80. The molecule has 1 aliphatic rings. The smallest absolute Gasteiger partial charge is 0.534 e. The Kier molecular flexibility index (Phi) is 8.02. The number of ether oxygens (including phenoxy) is 2. The van der Waals surface area contributed by atoms with Gasteiger partial charge in [-0.2, -0.15) is 0 Å². The molecule has 0 spiro atoms. The number of carbonyl (C=O) groups is 3. The molecular formula is C19H24BCl2NO7. The highest BCUT2D eigenvalue weighted by atomic mass is 35.5. The Labute approximate surface area is 185 Å². The Balaban J connectivity index is 2.20. The van der Waals surface area contributed by atoms with Gasteiger partial charge in [0.25, 0.3) is 0 Å². The molecule has 1 aromatic carbocycles. The van der Waals surface area contributed by atoms with E-state index >= 15 is 0 Å². The quantitative estimate of drug-likeness (QED) is 0.382. The Morgan fingerprint density at radius 1 is 1.30 bits per heavy atom. The first kappa shape index (κ1) is 24.3. The van der Waals surface area contributed by atoms with E-state index in [1.165, 1.54) is 6.07 Å². The molecule has 1 heterocycles. The molecule has 2 rings (SSSR count). The lowest BCUT2D eigenvalue weighted by molar-refractivity contribution is -0.161. The molecule has 0 saturated carbocycles. The number of hydrogen-bond donors (Lipinski definition) is 2. The van der Waals surface area contributed by atoms with Crippen LogP contribution in [0, 0.1) is 5.41 Å². The second-order valence-electron chi connectivity index (χ2n) is 7.90. The number of hydrogen-bond acceptors (Lipinski definition) is 7. The summed E-state index contributed by atoms with van der Waals surface area (Å²) in [5, 5.41) is 13.2. The number of rotatable bonds is 6. The van der Waals surface area contributed by atoms with Crippen LogP contribution < -0.4 is 9.97 Å². The standard InChI is InChI=1S/C19H24BCl2NO7/c1-5-6-14(24)23-13-8-10-15(22)12(21)7-11(16(10)30-20(13)27)17(25)28-9-29-18(26)19(2,3)4/h7,13,27H,5-6,8-9H2,1-4H3,(H,23,24)/t13-/m0/s1.